The number of nitrogens with two attached hydrogens (primary N) is 2. The molecule has 0 spiro atoms. The van der Waals surface area contributed by atoms with Crippen molar-refractivity contribution in [3.63, 3.8) is 0 Å². The van der Waals surface area contributed by atoms with Gasteiger partial charge < -0.3 is 21.7 Å². The molecule has 0 amide bonds. The molecule has 1 aliphatic rings. The first-order valence-electron chi connectivity index (χ1n) is 4.40. The van der Waals surface area contributed by atoms with Crippen molar-refractivity contribution in [2.24, 2.45) is 23.3 Å². The lowest BCUT2D eigenvalue weighted by Crippen LogP contribution is -2.52. The van der Waals surface area contributed by atoms with Gasteiger partial charge in [0.1, 0.15) is 0 Å². The standard InChI is InChI=1S/C8H14N2O4/c9-5-1-3(7(11)12)4(8(13)14)2-6(5)10/h3-6H,1-2,9-10H2,(H,11,12)(H,13,14). The summed E-state index contributed by atoms with van der Waals surface area (Å²) >= 11 is 0. The van der Waals surface area contributed by atoms with E-state index in [1.54, 1.807) is 0 Å². The molecule has 0 bridgehead atoms. The Balaban J connectivity index is 2.80. The molecule has 80 valence electrons. The van der Waals surface area contributed by atoms with Gasteiger partial charge in [-0.1, -0.05) is 0 Å². The van der Waals surface area contributed by atoms with E-state index in [0.717, 1.165) is 0 Å². The van der Waals surface area contributed by atoms with Crippen molar-refractivity contribution in [2.45, 2.75) is 24.9 Å². The number of aliphatic carboxylic acids is 2. The van der Waals surface area contributed by atoms with Gasteiger partial charge in [0.2, 0.25) is 0 Å². The fourth-order valence-electron chi connectivity index (χ4n) is 1.81. The van der Waals surface area contributed by atoms with E-state index in [1.165, 1.54) is 0 Å². The Bertz CT molecular complexity index is 230. The van der Waals surface area contributed by atoms with Crippen LogP contribution in [0.1, 0.15) is 12.8 Å². The van der Waals surface area contributed by atoms with Gasteiger partial charge in [0, 0.05) is 12.1 Å². The van der Waals surface area contributed by atoms with Gasteiger partial charge in [0.15, 0.2) is 0 Å². The van der Waals surface area contributed by atoms with Crippen molar-refractivity contribution in [3.8, 4) is 0 Å². The minimum atomic E-state index is -1.11. The van der Waals surface area contributed by atoms with E-state index < -0.39 is 35.9 Å². The third-order valence-electron chi connectivity index (χ3n) is 2.72. The maximum Gasteiger partial charge on any atom is 0.307 e. The zero-order valence-electron chi connectivity index (χ0n) is 7.59. The largest absolute Gasteiger partial charge is 0.481 e. The quantitative estimate of drug-likeness (QED) is 0.447. The Morgan fingerprint density at radius 1 is 0.929 bits per heavy atom. The maximum absolute atomic E-state index is 10.8. The zero-order chi connectivity index (χ0) is 10.9. The first-order valence-corrected chi connectivity index (χ1v) is 4.40. The molecular weight excluding hydrogens is 188 g/mol. The van der Waals surface area contributed by atoms with Crippen LogP contribution in [0.4, 0.5) is 0 Å². The average molecular weight is 202 g/mol. The molecule has 0 heterocycles. The van der Waals surface area contributed by atoms with Crippen molar-refractivity contribution in [2.75, 3.05) is 0 Å². The van der Waals surface area contributed by atoms with Gasteiger partial charge in [0.25, 0.3) is 0 Å². The summed E-state index contributed by atoms with van der Waals surface area (Å²) in [6.45, 7) is 0. The average Bonchev–Trinajstić information content (AvgIpc) is 2.08. The molecule has 0 saturated heterocycles. The topological polar surface area (TPSA) is 127 Å². The summed E-state index contributed by atoms with van der Waals surface area (Å²) in [4.78, 5) is 21.5. The van der Waals surface area contributed by atoms with E-state index in [-0.39, 0.29) is 12.8 Å². The maximum atomic E-state index is 10.8. The Kier molecular flexibility index (Phi) is 3.07. The van der Waals surface area contributed by atoms with E-state index >= 15 is 0 Å². The Labute approximate surface area is 80.9 Å². The number of hydrogen-bond donors (Lipinski definition) is 4. The molecule has 0 radical (unpaired) electrons. The Hall–Kier alpha value is -1.14. The Morgan fingerprint density at radius 2 is 1.21 bits per heavy atom. The third-order valence-corrected chi connectivity index (χ3v) is 2.72. The number of carboxylic acids is 2. The second-order valence-corrected chi connectivity index (χ2v) is 3.69. The number of hydrogen-bond acceptors (Lipinski definition) is 4. The van der Waals surface area contributed by atoms with Crippen LogP contribution in [0.2, 0.25) is 0 Å². The molecule has 1 rings (SSSR count). The molecule has 6 heteroatoms. The summed E-state index contributed by atoms with van der Waals surface area (Å²) in [6, 6.07) is -0.849. The number of carbonyl (C=O) groups is 2. The van der Waals surface area contributed by atoms with Crippen LogP contribution in [0.15, 0.2) is 0 Å². The van der Waals surface area contributed by atoms with Crippen molar-refractivity contribution in [1.82, 2.24) is 0 Å². The summed E-state index contributed by atoms with van der Waals surface area (Å²) in [5, 5.41) is 17.6. The molecule has 6 nitrogen and oxygen atoms in total. The number of carboxylic acid groups (broad SMARTS) is 2. The van der Waals surface area contributed by atoms with Crippen LogP contribution in [0.3, 0.4) is 0 Å². The van der Waals surface area contributed by atoms with Crippen molar-refractivity contribution >= 4 is 11.9 Å². The molecule has 4 unspecified atom stereocenters. The van der Waals surface area contributed by atoms with Gasteiger partial charge in [-0.05, 0) is 12.8 Å². The molecule has 6 N–H and O–H groups in total. The molecule has 1 saturated carbocycles. The lowest BCUT2D eigenvalue weighted by atomic mass is 9.75. The molecule has 1 aliphatic carbocycles. The van der Waals surface area contributed by atoms with Gasteiger partial charge in [0.05, 0.1) is 11.8 Å². The second-order valence-electron chi connectivity index (χ2n) is 3.69. The molecular formula is C8H14N2O4. The van der Waals surface area contributed by atoms with E-state index in [4.69, 9.17) is 21.7 Å². The van der Waals surface area contributed by atoms with Gasteiger partial charge in [-0.2, -0.15) is 0 Å². The first kappa shape index (κ1) is 10.9. The van der Waals surface area contributed by atoms with Gasteiger partial charge in [-0.25, -0.2) is 0 Å². The highest BCUT2D eigenvalue weighted by Crippen LogP contribution is 2.29. The van der Waals surface area contributed by atoms with E-state index in [9.17, 15) is 9.59 Å². The monoisotopic (exact) mass is 202 g/mol. The summed E-state index contributed by atoms with van der Waals surface area (Å²) in [5.74, 6) is -4.05. The van der Waals surface area contributed by atoms with Crippen LogP contribution >= 0.6 is 0 Å². The molecule has 4 atom stereocenters. The van der Waals surface area contributed by atoms with E-state index in [0.29, 0.717) is 0 Å². The van der Waals surface area contributed by atoms with Crippen molar-refractivity contribution in [1.29, 1.82) is 0 Å². The zero-order valence-corrected chi connectivity index (χ0v) is 7.59. The third kappa shape index (κ3) is 2.02. The summed E-state index contributed by atoms with van der Waals surface area (Å²) < 4.78 is 0. The lowest BCUT2D eigenvalue weighted by molar-refractivity contribution is -0.156. The predicted octanol–water partition coefficient (Wildman–Crippen LogP) is -1.16. The predicted molar refractivity (Wildman–Crippen MR) is 47.4 cm³/mol. The highest BCUT2D eigenvalue weighted by Gasteiger charge is 2.41. The molecule has 0 aliphatic heterocycles. The SMILES string of the molecule is NC1CC(C(=O)O)C(C(=O)O)CC1N. The van der Waals surface area contributed by atoms with Crippen LogP contribution < -0.4 is 11.5 Å². The molecule has 1 fully saturated rings. The fourth-order valence-corrected chi connectivity index (χ4v) is 1.81. The minimum absolute atomic E-state index is 0.132. The minimum Gasteiger partial charge on any atom is -0.481 e. The normalized spacial score (nSPS) is 37.9. The van der Waals surface area contributed by atoms with Crippen molar-refractivity contribution in [3.05, 3.63) is 0 Å². The molecule has 0 aromatic carbocycles. The highest BCUT2D eigenvalue weighted by atomic mass is 16.4. The lowest BCUT2D eigenvalue weighted by Gasteiger charge is -2.33. The fraction of sp³-hybridized carbons (Fsp3) is 0.750. The van der Waals surface area contributed by atoms with Crippen LogP contribution in [-0.2, 0) is 9.59 Å². The van der Waals surface area contributed by atoms with Crippen LogP contribution in [0.5, 0.6) is 0 Å². The number of rotatable bonds is 2. The van der Waals surface area contributed by atoms with Gasteiger partial charge in [-0.15, -0.1) is 0 Å². The highest BCUT2D eigenvalue weighted by molar-refractivity contribution is 5.80. The van der Waals surface area contributed by atoms with E-state index in [2.05, 4.69) is 0 Å². The van der Waals surface area contributed by atoms with Crippen LogP contribution in [0.25, 0.3) is 0 Å². The molecule has 0 aromatic rings. The van der Waals surface area contributed by atoms with Crippen LogP contribution in [0, 0.1) is 11.8 Å². The smallest absolute Gasteiger partial charge is 0.307 e. The van der Waals surface area contributed by atoms with Gasteiger partial charge in [-0.3, -0.25) is 9.59 Å². The van der Waals surface area contributed by atoms with Gasteiger partial charge >= 0.3 is 11.9 Å². The van der Waals surface area contributed by atoms with Crippen molar-refractivity contribution < 1.29 is 19.8 Å². The summed E-state index contributed by atoms with van der Waals surface area (Å²) in [5.41, 5.74) is 11.2. The molecule has 0 aromatic heterocycles. The van der Waals surface area contributed by atoms with E-state index in [1.807, 2.05) is 0 Å². The Morgan fingerprint density at radius 3 is 1.43 bits per heavy atom. The van der Waals surface area contributed by atoms with Crippen LogP contribution in [-0.4, -0.2) is 34.2 Å². The summed E-state index contributed by atoms with van der Waals surface area (Å²) in [7, 11) is 0. The summed E-state index contributed by atoms with van der Waals surface area (Å²) in [6.07, 6.45) is 0.265. The first-order chi connectivity index (χ1) is 6.43. The molecule has 14 heavy (non-hydrogen) atoms. The second kappa shape index (κ2) is 3.93.